The van der Waals surface area contributed by atoms with Crippen molar-refractivity contribution in [3.8, 4) is 0 Å². The molecular formula is C17H20N6O2S. The van der Waals surface area contributed by atoms with E-state index in [0.717, 1.165) is 30.8 Å². The number of carbonyl (C=O) groups is 1. The number of hydrogen-bond donors (Lipinski definition) is 2. The molecule has 1 saturated heterocycles. The van der Waals surface area contributed by atoms with Gasteiger partial charge in [-0.3, -0.25) is 15.0 Å². The number of nitrogens with one attached hydrogen (secondary N) is 2. The summed E-state index contributed by atoms with van der Waals surface area (Å²) < 4.78 is 5.76. The maximum atomic E-state index is 12.4. The SMILES string of the molecule is C[C@@H]1CN(Cc2csc(NC(=O)c3ccc4n[nH]nc4c3)n2)C[C@@H](C)O1. The van der Waals surface area contributed by atoms with Crippen LogP contribution in [0.25, 0.3) is 11.0 Å². The van der Waals surface area contributed by atoms with Crippen molar-refractivity contribution in [2.45, 2.75) is 32.6 Å². The van der Waals surface area contributed by atoms with E-state index >= 15 is 0 Å². The van der Waals surface area contributed by atoms with E-state index < -0.39 is 0 Å². The molecule has 0 unspecified atom stereocenters. The van der Waals surface area contributed by atoms with Gasteiger partial charge in [0.25, 0.3) is 5.91 Å². The molecule has 0 radical (unpaired) electrons. The second kappa shape index (κ2) is 7.10. The first-order valence-electron chi connectivity index (χ1n) is 8.51. The Bertz CT molecular complexity index is 913. The lowest BCUT2D eigenvalue weighted by Crippen LogP contribution is -2.44. The van der Waals surface area contributed by atoms with Gasteiger partial charge in [-0.15, -0.1) is 11.3 Å². The first-order valence-corrected chi connectivity index (χ1v) is 9.39. The average Bonchev–Trinajstić information content (AvgIpc) is 3.22. The highest BCUT2D eigenvalue weighted by Crippen LogP contribution is 2.20. The van der Waals surface area contributed by atoms with Gasteiger partial charge in [-0.25, -0.2) is 4.98 Å². The van der Waals surface area contributed by atoms with Crippen LogP contribution in [-0.2, 0) is 11.3 Å². The Kier molecular flexibility index (Phi) is 4.66. The van der Waals surface area contributed by atoms with Crippen molar-refractivity contribution in [2.75, 3.05) is 18.4 Å². The largest absolute Gasteiger partial charge is 0.373 e. The normalized spacial score (nSPS) is 21.2. The number of aromatic nitrogens is 4. The second-order valence-corrected chi connectivity index (χ2v) is 7.43. The van der Waals surface area contributed by atoms with E-state index in [0.29, 0.717) is 16.2 Å². The Morgan fingerprint density at radius 3 is 2.88 bits per heavy atom. The summed E-state index contributed by atoms with van der Waals surface area (Å²) in [5, 5.41) is 16.0. The molecule has 1 aliphatic heterocycles. The molecule has 1 aromatic carbocycles. The van der Waals surface area contributed by atoms with Gasteiger partial charge in [0.2, 0.25) is 0 Å². The lowest BCUT2D eigenvalue weighted by molar-refractivity contribution is -0.0707. The summed E-state index contributed by atoms with van der Waals surface area (Å²) in [6.45, 7) is 6.71. The van der Waals surface area contributed by atoms with Crippen LogP contribution < -0.4 is 5.32 Å². The lowest BCUT2D eigenvalue weighted by atomic mass is 10.2. The van der Waals surface area contributed by atoms with Crippen LogP contribution in [0.15, 0.2) is 23.6 Å². The van der Waals surface area contributed by atoms with Crippen LogP contribution in [0.3, 0.4) is 0 Å². The van der Waals surface area contributed by atoms with Crippen LogP contribution in [-0.4, -0.2) is 56.5 Å². The molecule has 8 nitrogen and oxygen atoms in total. The zero-order valence-corrected chi connectivity index (χ0v) is 15.4. The fourth-order valence-corrected chi connectivity index (χ4v) is 3.93. The monoisotopic (exact) mass is 372 g/mol. The number of benzene rings is 1. The first-order chi connectivity index (χ1) is 12.6. The molecule has 4 rings (SSSR count). The highest BCUT2D eigenvalue weighted by Gasteiger charge is 2.22. The zero-order valence-electron chi connectivity index (χ0n) is 14.6. The minimum absolute atomic E-state index is 0.204. The number of morpholine rings is 1. The van der Waals surface area contributed by atoms with E-state index in [1.165, 1.54) is 11.3 Å². The van der Waals surface area contributed by atoms with Gasteiger partial charge in [-0.1, -0.05) is 0 Å². The third-order valence-corrected chi connectivity index (χ3v) is 5.04. The van der Waals surface area contributed by atoms with E-state index in [2.05, 4.69) is 44.5 Å². The number of thiazole rings is 1. The molecule has 136 valence electrons. The summed E-state index contributed by atoms with van der Waals surface area (Å²) in [7, 11) is 0. The quantitative estimate of drug-likeness (QED) is 0.729. The van der Waals surface area contributed by atoms with Crippen molar-refractivity contribution < 1.29 is 9.53 Å². The molecule has 3 aromatic rings. The zero-order chi connectivity index (χ0) is 18.1. The van der Waals surface area contributed by atoms with Crippen LogP contribution in [0.4, 0.5) is 5.13 Å². The fourth-order valence-electron chi connectivity index (χ4n) is 3.23. The number of amides is 1. The summed E-state index contributed by atoms with van der Waals surface area (Å²) >= 11 is 1.43. The minimum Gasteiger partial charge on any atom is -0.373 e. The summed E-state index contributed by atoms with van der Waals surface area (Å²) in [4.78, 5) is 19.3. The minimum atomic E-state index is -0.204. The Hall–Kier alpha value is -2.36. The molecule has 0 saturated carbocycles. The highest BCUT2D eigenvalue weighted by atomic mass is 32.1. The van der Waals surface area contributed by atoms with E-state index in [9.17, 15) is 4.79 Å². The molecule has 26 heavy (non-hydrogen) atoms. The Labute approximate surface area is 154 Å². The molecule has 1 amide bonds. The molecule has 0 aliphatic carbocycles. The van der Waals surface area contributed by atoms with Gasteiger partial charge in [-0.05, 0) is 32.0 Å². The highest BCUT2D eigenvalue weighted by molar-refractivity contribution is 7.13. The number of nitrogens with zero attached hydrogens (tertiary/aromatic N) is 4. The second-order valence-electron chi connectivity index (χ2n) is 6.58. The maximum Gasteiger partial charge on any atom is 0.257 e. The van der Waals surface area contributed by atoms with Crippen molar-refractivity contribution in [3.05, 3.63) is 34.8 Å². The average molecular weight is 372 g/mol. The number of anilines is 1. The fraction of sp³-hybridized carbons (Fsp3) is 0.412. The predicted molar refractivity (Wildman–Crippen MR) is 99.2 cm³/mol. The summed E-state index contributed by atoms with van der Waals surface area (Å²) in [6, 6.07) is 5.20. The topological polar surface area (TPSA) is 96.0 Å². The number of rotatable bonds is 4. The molecule has 9 heteroatoms. The number of carbonyl (C=O) groups excluding carboxylic acids is 1. The van der Waals surface area contributed by atoms with Crippen LogP contribution >= 0.6 is 11.3 Å². The van der Waals surface area contributed by atoms with Gasteiger partial charge in [0.15, 0.2) is 5.13 Å². The van der Waals surface area contributed by atoms with Gasteiger partial charge in [-0.2, -0.15) is 15.4 Å². The number of fused-ring (bicyclic) bond motifs is 1. The molecule has 1 fully saturated rings. The molecule has 2 atom stereocenters. The van der Waals surface area contributed by atoms with E-state index in [1.54, 1.807) is 18.2 Å². The van der Waals surface area contributed by atoms with E-state index in [1.807, 2.05) is 5.38 Å². The van der Waals surface area contributed by atoms with Crippen LogP contribution in [0.5, 0.6) is 0 Å². The van der Waals surface area contributed by atoms with Gasteiger partial charge in [0.05, 0.1) is 17.9 Å². The number of H-pyrrole nitrogens is 1. The van der Waals surface area contributed by atoms with Crippen LogP contribution in [0.1, 0.15) is 29.9 Å². The van der Waals surface area contributed by atoms with Crippen molar-refractivity contribution >= 4 is 33.4 Å². The molecule has 0 bridgehead atoms. The molecule has 1 aliphatic rings. The third kappa shape index (κ3) is 3.74. The number of aromatic amines is 1. The van der Waals surface area contributed by atoms with Gasteiger partial charge >= 0.3 is 0 Å². The number of ether oxygens (including phenoxy) is 1. The van der Waals surface area contributed by atoms with Crippen molar-refractivity contribution in [1.29, 1.82) is 0 Å². The molecular weight excluding hydrogens is 352 g/mol. The van der Waals surface area contributed by atoms with Crippen molar-refractivity contribution in [1.82, 2.24) is 25.3 Å². The van der Waals surface area contributed by atoms with Crippen molar-refractivity contribution in [2.24, 2.45) is 0 Å². The molecule has 2 aromatic heterocycles. The first kappa shape index (κ1) is 17.1. The van der Waals surface area contributed by atoms with Crippen LogP contribution in [0.2, 0.25) is 0 Å². The Balaban J connectivity index is 1.40. The molecule has 2 N–H and O–H groups in total. The number of hydrogen-bond acceptors (Lipinski definition) is 7. The van der Waals surface area contributed by atoms with Gasteiger partial charge in [0.1, 0.15) is 11.0 Å². The van der Waals surface area contributed by atoms with E-state index in [-0.39, 0.29) is 18.1 Å². The maximum absolute atomic E-state index is 12.4. The predicted octanol–water partition coefficient (Wildman–Crippen LogP) is 2.28. The standard InChI is InChI=1S/C17H20N6O2S/c1-10-6-23(7-11(2)25-10)8-13-9-26-17(18-13)19-16(24)12-3-4-14-15(5-12)21-22-20-14/h3-5,9-11H,6-8H2,1-2H3,(H,18,19,24)(H,20,21,22)/t10-,11-/m1/s1. The Morgan fingerprint density at radius 1 is 1.31 bits per heavy atom. The smallest absolute Gasteiger partial charge is 0.257 e. The van der Waals surface area contributed by atoms with Crippen LogP contribution in [0, 0.1) is 0 Å². The summed E-state index contributed by atoms with van der Waals surface area (Å²) in [5.41, 5.74) is 2.87. The summed E-state index contributed by atoms with van der Waals surface area (Å²) in [5.74, 6) is -0.204. The van der Waals surface area contributed by atoms with Gasteiger partial charge < -0.3 is 4.74 Å². The molecule has 0 spiro atoms. The van der Waals surface area contributed by atoms with E-state index in [4.69, 9.17) is 4.74 Å². The molecule has 3 heterocycles. The van der Waals surface area contributed by atoms with Crippen molar-refractivity contribution in [3.63, 3.8) is 0 Å². The third-order valence-electron chi connectivity index (χ3n) is 4.23. The lowest BCUT2D eigenvalue weighted by Gasteiger charge is -2.34. The van der Waals surface area contributed by atoms with Gasteiger partial charge in [0, 0.05) is 30.6 Å². The Morgan fingerprint density at radius 2 is 2.08 bits per heavy atom. The summed E-state index contributed by atoms with van der Waals surface area (Å²) in [6.07, 6.45) is 0.450.